The predicted octanol–water partition coefficient (Wildman–Crippen LogP) is 5.24. The maximum absolute atomic E-state index is 4.05. The third-order valence-corrected chi connectivity index (χ3v) is 3.90. The Morgan fingerprint density at radius 3 is 2.25 bits per heavy atom. The summed E-state index contributed by atoms with van der Waals surface area (Å²) in [6.45, 7) is 13.9. The minimum Gasteiger partial charge on any atom is -0.389 e. The van der Waals surface area contributed by atoms with Crippen LogP contribution in [-0.4, -0.2) is 6.54 Å². The minimum absolute atomic E-state index is 0.685. The van der Waals surface area contributed by atoms with Crippen molar-refractivity contribution >= 4 is 0 Å². The fourth-order valence-electron chi connectivity index (χ4n) is 2.48. The van der Waals surface area contributed by atoms with Gasteiger partial charge in [-0.3, -0.25) is 0 Å². The van der Waals surface area contributed by atoms with E-state index in [1.807, 2.05) is 18.2 Å². The summed E-state index contributed by atoms with van der Waals surface area (Å²) in [6, 6.07) is 10.3. The van der Waals surface area contributed by atoms with Crippen molar-refractivity contribution in [2.24, 2.45) is 5.92 Å². The average Bonchev–Trinajstić information content (AvgIpc) is 2.82. The van der Waals surface area contributed by atoms with Gasteiger partial charge < -0.3 is 5.32 Å². The van der Waals surface area contributed by atoms with Crippen molar-refractivity contribution in [3.05, 3.63) is 59.3 Å². The Morgan fingerprint density at radius 2 is 1.90 bits per heavy atom. The van der Waals surface area contributed by atoms with Crippen molar-refractivity contribution in [1.82, 2.24) is 5.32 Å². The highest BCUT2D eigenvalue weighted by atomic mass is 14.9. The first kappa shape index (κ1) is 16.6. The number of hydrogen-bond acceptors (Lipinski definition) is 1. The molecule has 0 aliphatic carbocycles. The number of benzene rings is 1. The molecule has 0 amide bonds. The largest absolute Gasteiger partial charge is 0.389 e. The van der Waals surface area contributed by atoms with Gasteiger partial charge in [0.25, 0.3) is 0 Å². The Kier molecular flexibility index (Phi) is 7.14. The van der Waals surface area contributed by atoms with E-state index < -0.39 is 0 Å². The Morgan fingerprint density at radius 1 is 1.25 bits per heavy atom. The highest BCUT2D eigenvalue weighted by Crippen LogP contribution is 2.27. The number of nitrogens with one attached hydrogen (secondary N) is 1. The molecule has 1 heterocycles. The van der Waals surface area contributed by atoms with E-state index >= 15 is 0 Å². The molecule has 1 fully saturated rings. The molecule has 2 rings (SSSR count). The first-order valence-electron chi connectivity index (χ1n) is 7.64. The van der Waals surface area contributed by atoms with E-state index in [2.05, 4.69) is 51.7 Å². The standard InChI is InChI=1S/C12H21N.C7H8/c1-5-11(9(2)3)8-12-6-7-13-10(12)4;1-7-5-3-2-4-6-7/h12-13H,4-8H2,1-3H3;2-6H,1H3. The van der Waals surface area contributed by atoms with Crippen LogP contribution in [0.2, 0.25) is 0 Å². The molecule has 1 nitrogen and oxygen atoms in total. The summed E-state index contributed by atoms with van der Waals surface area (Å²) < 4.78 is 0. The van der Waals surface area contributed by atoms with Crippen LogP contribution in [0.4, 0.5) is 0 Å². The second-order valence-corrected chi connectivity index (χ2v) is 5.75. The summed E-state index contributed by atoms with van der Waals surface area (Å²) in [5.74, 6) is 0.685. The van der Waals surface area contributed by atoms with E-state index in [1.54, 1.807) is 5.57 Å². The topological polar surface area (TPSA) is 12.0 Å². The smallest absolute Gasteiger partial charge is 0.0150 e. The Balaban J connectivity index is 0.000000240. The number of allylic oxidation sites excluding steroid dienone is 3. The molecule has 1 heteroatoms. The van der Waals surface area contributed by atoms with E-state index in [0.29, 0.717) is 5.92 Å². The molecule has 20 heavy (non-hydrogen) atoms. The summed E-state index contributed by atoms with van der Waals surface area (Å²) in [6.07, 6.45) is 3.66. The second kappa shape index (κ2) is 8.63. The molecule has 1 aliphatic heterocycles. The van der Waals surface area contributed by atoms with Crippen molar-refractivity contribution in [3.8, 4) is 0 Å². The van der Waals surface area contributed by atoms with Crippen molar-refractivity contribution in [2.75, 3.05) is 6.54 Å². The van der Waals surface area contributed by atoms with Gasteiger partial charge in [0, 0.05) is 18.2 Å². The zero-order chi connectivity index (χ0) is 15.0. The third kappa shape index (κ3) is 5.64. The highest BCUT2D eigenvalue weighted by Gasteiger charge is 2.19. The summed E-state index contributed by atoms with van der Waals surface area (Å²) in [5, 5.41) is 3.32. The monoisotopic (exact) mass is 271 g/mol. The maximum atomic E-state index is 4.05. The van der Waals surface area contributed by atoms with E-state index in [0.717, 1.165) is 6.54 Å². The van der Waals surface area contributed by atoms with Crippen LogP contribution in [0.25, 0.3) is 0 Å². The summed E-state index contributed by atoms with van der Waals surface area (Å²) in [4.78, 5) is 0. The highest BCUT2D eigenvalue weighted by molar-refractivity contribution is 5.15. The third-order valence-electron chi connectivity index (χ3n) is 3.90. The van der Waals surface area contributed by atoms with Gasteiger partial charge in [0.15, 0.2) is 0 Å². The van der Waals surface area contributed by atoms with Gasteiger partial charge in [0.1, 0.15) is 0 Å². The second-order valence-electron chi connectivity index (χ2n) is 5.75. The number of hydrogen-bond donors (Lipinski definition) is 1. The van der Waals surface area contributed by atoms with Gasteiger partial charge in [-0.2, -0.15) is 0 Å². The predicted molar refractivity (Wildman–Crippen MR) is 89.7 cm³/mol. The first-order valence-corrected chi connectivity index (χ1v) is 7.64. The summed E-state index contributed by atoms with van der Waals surface area (Å²) in [5.41, 5.74) is 5.66. The van der Waals surface area contributed by atoms with Crippen molar-refractivity contribution in [2.45, 2.75) is 47.0 Å². The summed E-state index contributed by atoms with van der Waals surface area (Å²) >= 11 is 0. The Bertz CT molecular complexity index is 438. The molecule has 1 unspecified atom stereocenters. The van der Waals surface area contributed by atoms with Crippen LogP contribution in [0.1, 0.15) is 45.6 Å². The zero-order valence-electron chi connectivity index (χ0n) is 13.5. The average molecular weight is 271 g/mol. The zero-order valence-corrected chi connectivity index (χ0v) is 13.5. The van der Waals surface area contributed by atoms with Gasteiger partial charge in [-0.1, -0.05) is 60.5 Å². The molecule has 1 aromatic rings. The minimum atomic E-state index is 0.685. The Labute approximate surface area is 124 Å². The van der Waals surface area contributed by atoms with Gasteiger partial charge in [-0.05, 0) is 40.0 Å². The van der Waals surface area contributed by atoms with E-state index in [-0.39, 0.29) is 0 Å². The van der Waals surface area contributed by atoms with Gasteiger partial charge >= 0.3 is 0 Å². The van der Waals surface area contributed by atoms with E-state index in [1.165, 1.54) is 36.1 Å². The van der Waals surface area contributed by atoms with E-state index in [4.69, 9.17) is 0 Å². The molecule has 0 spiro atoms. The molecule has 110 valence electrons. The van der Waals surface area contributed by atoms with Crippen LogP contribution >= 0.6 is 0 Å². The van der Waals surface area contributed by atoms with Crippen LogP contribution in [-0.2, 0) is 0 Å². The number of rotatable bonds is 3. The molecule has 1 N–H and O–H groups in total. The molecular weight excluding hydrogens is 242 g/mol. The summed E-state index contributed by atoms with van der Waals surface area (Å²) in [7, 11) is 0. The SMILES string of the molecule is C=C1NCCC1CC(CC)=C(C)C.Cc1ccccc1. The van der Waals surface area contributed by atoms with Gasteiger partial charge in [0.2, 0.25) is 0 Å². The molecule has 0 radical (unpaired) electrons. The lowest BCUT2D eigenvalue weighted by atomic mass is 9.93. The van der Waals surface area contributed by atoms with Crippen LogP contribution in [0.15, 0.2) is 53.8 Å². The van der Waals surface area contributed by atoms with Gasteiger partial charge in [-0.15, -0.1) is 0 Å². The fourth-order valence-corrected chi connectivity index (χ4v) is 2.48. The molecule has 0 saturated carbocycles. The molecule has 1 saturated heterocycles. The Hall–Kier alpha value is -1.50. The molecule has 1 atom stereocenters. The number of aryl methyl sites for hydroxylation is 1. The van der Waals surface area contributed by atoms with Crippen molar-refractivity contribution < 1.29 is 0 Å². The lowest BCUT2D eigenvalue weighted by molar-refractivity contribution is 0.619. The first-order chi connectivity index (χ1) is 9.54. The molecule has 0 bridgehead atoms. The molecule has 1 aliphatic rings. The van der Waals surface area contributed by atoms with Crippen LogP contribution in [0.3, 0.4) is 0 Å². The molecular formula is C19H29N. The normalized spacial score (nSPS) is 17.0. The maximum Gasteiger partial charge on any atom is 0.0150 e. The molecule has 0 aromatic heterocycles. The lowest BCUT2D eigenvalue weighted by Crippen LogP contribution is -2.06. The van der Waals surface area contributed by atoms with Crippen molar-refractivity contribution in [1.29, 1.82) is 0 Å². The van der Waals surface area contributed by atoms with Gasteiger partial charge in [-0.25, -0.2) is 0 Å². The lowest BCUT2D eigenvalue weighted by Gasteiger charge is -2.13. The van der Waals surface area contributed by atoms with Crippen molar-refractivity contribution in [3.63, 3.8) is 0 Å². The van der Waals surface area contributed by atoms with Gasteiger partial charge in [0.05, 0.1) is 0 Å². The fraction of sp³-hybridized carbons (Fsp3) is 0.474. The molecule has 1 aromatic carbocycles. The van der Waals surface area contributed by atoms with Crippen LogP contribution in [0.5, 0.6) is 0 Å². The van der Waals surface area contributed by atoms with Crippen LogP contribution < -0.4 is 5.32 Å². The quantitative estimate of drug-likeness (QED) is 0.741. The van der Waals surface area contributed by atoms with Crippen LogP contribution in [0, 0.1) is 12.8 Å². The van der Waals surface area contributed by atoms with E-state index in [9.17, 15) is 0 Å².